The minimum Gasteiger partial charge on any atom is -0.494 e. The molecule has 35 heavy (non-hydrogen) atoms. The van der Waals surface area contributed by atoms with Gasteiger partial charge in [0.15, 0.2) is 0 Å². The van der Waals surface area contributed by atoms with Gasteiger partial charge < -0.3 is 14.2 Å². The van der Waals surface area contributed by atoms with Crippen LogP contribution in [0, 0.1) is 0 Å². The van der Waals surface area contributed by atoms with Gasteiger partial charge in [-0.2, -0.15) is 0 Å². The van der Waals surface area contributed by atoms with E-state index < -0.39 is 21.7 Å². The second kappa shape index (κ2) is 9.85. The van der Waals surface area contributed by atoms with E-state index in [-0.39, 0.29) is 18.9 Å². The molecule has 0 bridgehead atoms. The Morgan fingerprint density at radius 2 is 1.63 bits per heavy atom. The zero-order valence-corrected chi connectivity index (χ0v) is 19.9. The van der Waals surface area contributed by atoms with Crippen LogP contribution in [0.4, 0.5) is 0 Å². The number of hydrogen-bond acceptors (Lipinski definition) is 9. The Morgan fingerprint density at radius 1 is 0.943 bits per heavy atom. The zero-order chi connectivity index (χ0) is 25.0. The highest BCUT2D eigenvalue weighted by molar-refractivity contribution is 7.89. The number of nitrogens with zero attached hydrogens (tertiary/aromatic N) is 5. The van der Waals surface area contributed by atoms with E-state index in [0.29, 0.717) is 22.9 Å². The Morgan fingerprint density at radius 3 is 2.23 bits per heavy atom. The van der Waals surface area contributed by atoms with Crippen LogP contribution in [0.25, 0.3) is 11.6 Å². The van der Waals surface area contributed by atoms with Gasteiger partial charge in [0.25, 0.3) is 5.95 Å². The lowest BCUT2D eigenvalue weighted by Crippen LogP contribution is -2.33. The van der Waals surface area contributed by atoms with Gasteiger partial charge in [-0.05, 0) is 17.7 Å². The molecular weight excluding hydrogens is 476 g/mol. The Hall–Kier alpha value is -4.39. The molecule has 0 fully saturated rings. The molecule has 2 heterocycles. The summed E-state index contributed by atoms with van der Waals surface area (Å²) >= 11 is 0. The predicted octanol–water partition coefficient (Wildman–Crippen LogP) is 1.98. The van der Waals surface area contributed by atoms with Crippen molar-refractivity contribution in [3.63, 3.8) is 0 Å². The molecule has 13 heteroatoms. The van der Waals surface area contributed by atoms with Crippen molar-refractivity contribution in [3.05, 3.63) is 72.2 Å². The summed E-state index contributed by atoms with van der Waals surface area (Å²) in [6.45, 7) is 0. The summed E-state index contributed by atoms with van der Waals surface area (Å²) in [6.07, 6.45) is 1.55. The van der Waals surface area contributed by atoms with Gasteiger partial charge in [-0.1, -0.05) is 36.4 Å². The normalized spacial score (nSPS) is 11.2. The largest absolute Gasteiger partial charge is 0.494 e. The maximum atomic E-state index is 13.2. The lowest BCUT2D eigenvalue weighted by Gasteiger charge is -2.16. The number of carbonyl (C=O) groups excluding carboxylic acids is 1. The van der Waals surface area contributed by atoms with Crippen molar-refractivity contribution in [2.45, 2.75) is 5.75 Å². The molecule has 1 N–H and O–H groups in total. The van der Waals surface area contributed by atoms with Crippen molar-refractivity contribution >= 4 is 15.9 Å². The molecule has 184 valence electrons. The van der Waals surface area contributed by atoms with Crippen molar-refractivity contribution < 1.29 is 28.8 Å². The number of aromatic nitrogens is 5. The second-order valence-electron chi connectivity index (χ2n) is 7.15. The molecule has 0 saturated carbocycles. The van der Waals surface area contributed by atoms with E-state index in [1.807, 2.05) is 0 Å². The summed E-state index contributed by atoms with van der Waals surface area (Å²) < 4.78 is 46.2. The number of rotatable bonds is 9. The molecule has 0 saturated heterocycles. The summed E-state index contributed by atoms with van der Waals surface area (Å²) in [5, 5.41) is 12.3. The van der Waals surface area contributed by atoms with E-state index in [4.69, 9.17) is 14.2 Å². The van der Waals surface area contributed by atoms with Gasteiger partial charge in [0, 0.05) is 13.7 Å². The summed E-state index contributed by atoms with van der Waals surface area (Å²) in [5.41, 5.74) is 0.794. The fourth-order valence-corrected chi connectivity index (χ4v) is 4.45. The smallest absolute Gasteiger partial charge is 0.303 e. The number of sulfonamides is 1. The number of nitrogens with one attached hydrogen (secondary N) is 1. The molecule has 0 aliphatic carbocycles. The second-order valence-corrected chi connectivity index (χ2v) is 8.87. The summed E-state index contributed by atoms with van der Waals surface area (Å²) in [4.78, 5) is 13.2. The van der Waals surface area contributed by atoms with Gasteiger partial charge in [0.05, 0.1) is 27.1 Å². The first-order valence-electron chi connectivity index (χ1n) is 10.2. The van der Waals surface area contributed by atoms with Gasteiger partial charge >= 0.3 is 5.91 Å². The number of hydrogen-bond donors (Lipinski definition) is 1. The van der Waals surface area contributed by atoms with Gasteiger partial charge in [-0.25, -0.2) is 22.4 Å². The number of amides is 1. The average molecular weight is 501 g/mol. The summed E-state index contributed by atoms with van der Waals surface area (Å²) in [5.74, 6) is -0.698. The first kappa shape index (κ1) is 23.8. The quantitative estimate of drug-likeness (QED) is 0.365. The maximum absolute atomic E-state index is 13.2. The Balaban J connectivity index is 0.00000361. The monoisotopic (exact) mass is 500 g/mol. The molecular formula is C22H24N6O6S. The molecule has 4 rings (SSSR count). The van der Waals surface area contributed by atoms with E-state index >= 15 is 0 Å². The van der Waals surface area contributed by atoms with Crippen molar-refractivity contribution in [3.8, 4) is 29.0 Å². The third-order valence-corrected chi connectivity index (χ3v) is 6.11. The molecule has 0 aliphatic heterocycles. The van der Waals surface area contributed by atoms with Crippen LogP contribution in [0.3, 0.4) is 0 Å². The third-order valence-electron chi connectivity index (χ3n) is 4.90. The third kappa shape index (κ3) is 4.94. The lowest BCUT2D eigenvalue weighted by molar-refractivity contribution is 0.0969. The van der Waals surface area contributed by atoms with E-state index in [1.54, 1.807) is 60.8 Å². The fourth-order valence-electron chi connectivity index (χ4n) is 3.37. The van der Waals surface area contributed by atoms with Crippen molar-refractivity contribution in [1.29, 1.82) is 0 Å². The van der Waals surface area contributed by atoms with Gasteiger partial charge in [-0.15, -0.1) is 15.3 Å². The van der Waals surface area contributed by atoms with Crippen LogP contribution >= 0.6 is 0 Å². The first-order valence-corrected chi connectivity index (χ1v) is 11.9. The van der Waals surface area contributed by atoms with Crippen LogP contribution in [0.15, 0.2) is 60.8 Å². The molecule has 0 unspecified atom stereocenters. The number of carbonyl (C=O) groups is 1. The summed E-state index contributed by atoms with van der Waals surface area (Å²) in [7, 11) is 0.298. The molecule has 0 atom stereocenters. The van der Waals surface area contributed by atoms with E-state index in [9.17, 15) is 13.2 Å². The standard InChI is InChI=1S/C22H22N6O6S.H2/c1-32-16-10-7-11-17(33-2)19(16)28-20(23-24-22(28)27-13-12-18(25-27)34-3)21(29)26-35(30,31)14-15-8-5-4-6-9-15;/h4-13H,14H2,1-3H3,(H,26,29);1H. The van der Waals surface area contributed by atoms with Gasteiger partial charge in [0.2, 0.25) is 21.7 Å². The van der Waals surface area contributed by atoms with Crippen LogP contribution in [0.1, 0.15) is 17.6 Å². The molecule has 0 aliphatic rings. The van der Waals surface area contributed by atoms with Crippen LogP contribution in [0.2, 0.25) is 0 Å². The predicted molar refractivity (Wildman–Crippen MR) is 127 cm³/mol. The Bertz CT molecular complexity index is 1430. The SMILES string of the molecule is COc1ccn(-c2nnc(C(=O)NS(=O)(=O)Cc3ccccc3)n2-c2c(OC)cccc2OC)n1.[HH]. The van der Waals surface area contributed by atoms with Crippen LogP contribution in [0.5, 0.6) is 17.4 Å². The highest BCUT2D eigenvalue weighted by Crippen LogP contribution is 2.34. The van der Waals surface area contributed by atoms with Gasteiger partial charge in [-0.3, -0.25) is 4.79 Å². The van der Waals surface area contributed by atoms with E-state index in [0.717, 1.165) is 0 Å². The fraction of sp³-hybridized carbons (Fsp3) is 0.182. The van der Waals surface area contributed by atoms with E-state index in [1.165, 1.54) is 30.6 Å². The first-order chi connectivity index (χ1) is 16.9. The summed E-state index contributed by atoms with van der Waals surface area (Å²) in [6, 6.07) is 15.1. The molecule has 2 aromatic carbocycles. The van der Waals surface area contributed by atoms with Crippen LogP contribution < -0.4 is 18.9 Å². The lowest BCUT2D eigenvalue weighted by atomic mass is 10.2. The number of ether oxygens (including phenoxy) is 3. The highest BCUT2D eigenvalue weighted by atomic mass is 32.2. The minimum atomic E-state index is -4.05. The van der Waals surface area contributed by atoms with Crippen molar-refractivity contribution in [2.24, 2.45) is 0 Å². The van der Waals surface area contributed by atoms with Crippen LogP contribution in [-0.4, -0.2) is 60.2 Å². The van der Waals surface area contributed by atoms with Crippen molar-refractivity contribution in [1.82, 2.24) is 29.3 Å². The zero-order valence-electron chi connectivity index (χ0n) is 19.1. The molecule has 12 nitrogen and oxygen atoms in total. The molecule has 2 aromatic heterocycles. The maximum Gasteiger partial charge on any atom is 0.303 e. The van der Waals surface area contributed by atoms with Gasteiger partial charge in [0.1, 0.15) is 17.2 Å². The molecule has 4 aromatic rings. The topological polar surface area (TPSA) is 139 Å². The van der Waals surface area contributed by atoms with Crippen LogP contribution in [-0.2, 0) is 15.8 Å². The Kier molecular flexibility index (Phi) is 6.68. The average Bonchev–Trinajstić information content (AvgIpc) is 3.50. The molecule has 0 radical (unpaired) electrons. The molecule has 0 spiro atoms. The molecule has 1 amide bonds. The number of methoxy groups -OCH3 is 3. The Labute approximate surface area is 202 Å². The minimum absolute atomic E-state index is 0. The highest BCUT2D eigenvalue weighted by Gasteiger charge is 2.29. The van der Waals surface area contributed by atoms with E-state index in [2.05, 4.69) is 20.0 Å². The van der Waals surface area contributed by atoms with Crippen molar-refractivity contribution in [2.75, 3.05) is 21.3 Å². The number of para-hydroxylation sites is 1. The number of benzene rings is 2.